The van der Waals surface area contributed by atoms with Gasteiger partial charge in [0.15, 0.2) is 5.84 Å². The molecule has 0 aliphatic carbocycles. The molecule has 0 unspecified atom stereocenters. The third-order valence-electron chi connectivity index (χ3n) is 2.37. The molecule has 1 aromatic carbocycles. The number of halogens is 2. The highest BCUT2D eigenvalue weighted by Crippen LogP contribution is 2.19. The van der Waals surface area contributed by atoms with Gasteiger partial charge in [0.1, 0.15) is 5.82 Å². The molecule has 0 radical (unpaired) electrons. The van der Waals surface area contributed by atoms with E-state index in [4.69, 9.17) is 10.9 Å². The molecular weight excluding hydrogens is 305 g/mol. The first-order valence-corrected chi connectivity index (χ1v) is 5.83. The van der Waals surface area contributed by atoms with Crippen LogP contribution in [0.4, 0.5) is 4.39 Å². The normalized spacial score (nSPS) is 12.3. The van der Waals surface area contributed by atoms with Crippen molar-refractivity contribution in [3.63, 3.8) is 0 Å². The van der Waals surface area contributed by atoms with E-state index < -0.39 is 17.3 Å². The Morgan fingerprint density at radius 1 is 1.56 bits per heavy atom. The molecule has 0 saturated heterocycles. The number of carbonyl (C=O) groups is 1. The summed E-state index contributed by atoms with van der Waals surface area (Å²) in [5.41, 5.74) is 4.22. The summed E-state index contributed by atoms with van der Waals surface area (Å²) in [6.07, 6.45) is 0. The minimum atomic E-state index is -1.08. The standard InChI is InChI=1S/C11H13BrFN3O2/c1-11(2,10(14)16-18)15-9(17)6-4-3-5-7(12)8(6)13/h3-5,18H,1-2H3,(H2,14,16)(H,15,17). The Morgan fingerprint density at radius 2 is 2.17 bits per heavy atom. The zero-order valence-corrected chi connectivity index (χ0v) is 11.5. The van der Waals surface area contributed by atoms with Gasteiger partial charge in [-0.15, -0.1) is 0 Å². The van der Waals surface area contributed by atoms with Gasteiger partial charge in [-0.2, -0.15) is 0 Å². The predicted octanol–water partition coefficient (Wildman–Crippen LogP) is 1.84. The molecule has 0 fully saturated rings. The van der Waals surface area contributed by atoms with Gasteiger partial charge < -0.3 is 16.3 Å². The Bertz CT molecular complexity index is 503. The topological polar surface area (TPSA) is 87.7 Å². The van der Waals surface area contributed by atoms with Crippen LogP contribution in [-0.4, -0.2) is 22.5 Å². The van der Waals surface area contributed by atoms with E-state index in [2.05, 4.69) is 26.4 Å². The molecule has 0 spiro atoms. The smallest absolute Gasteiger partial charge is 0.255 e. The van der Waals surface area contributed by atoms with Crippen LogP contribution in [0.2, 0.25) is 0 Å². The molecule has 0 atom stereocenters. The van der Waals surface area contributed by atoms with Crippen molar-refractivity contribution in [1.82, 2.24) is 5.32 Å². The van der Waals surface area contributed by atoms with E-state index in [-0.39, 0.29) is 15.9 Å². The summed E-state index contributed by atoms with van der Waals surface area (Å²) >= 11 is 2.99. The van der Waals surface area contributed by atoms with E-state index in [9.17, 15) is 9.18 Å². The first-order valence-electron chi connectivity index (χ1n) is 5.04. The summed E-state index contributed by atoms with van der Waals surface area (Å²) in [5.74, 6) is -1.48. The lowest BCUT2D eigenvalue weighted by molar-refractivity contribution is 0.0926. The van der Waals surface area contributed by atoms with Gasteiger partial charge in [-0.3, -0.25) is 4.79 Å². The lowest BCUT2D eigenvalue weighted by Gasteiger charge is -2.24. The van der Waals surface area contributed by atoms with Crippen LogP contribution in [-0.2, 0) is 0 Å². The molecule has 0 aliphatic heterocycles. The third-order valence-corrected chi connectivity index (χ3v) is 2.98. The van der Waals surface area contributed by atoms with Crippen LogP contribution in [0.15, 0.2) is 27.8 Å². The van der Waals surface area contributed by atoms with Gasteiger partial charge in [-0.1, -0.05) is 11.2 Å². The van der Waals surface area contributed by atoms with Crippen LogP contribution in [0.5, 0.6) is 0 Å². The van der Waals surface area contributed by atoms with Crippen molar-refractivity contribution in [2.75, 3.05) is 0 Å². The fraction of sp³-hybridized carbons (Fsp3) is 0.273. The van der Waals surface area contributed by atoms with E-state index in [1.807, 2.05) is 0 Å². The van der Waals surface area contributed by atoms with Crippen LogP contribution in [0, 0.1) is 5.82 Å². The average molecular weight is 318 g/mol. The SMILES string of the molecule is CC(C)(NC(=O)c1cccc(Br)c1F)/C(N)=N/O. The number of amides is 1. The molecule has 0 aliphatic rings. The van der Waals surface area contributed by atoms with E-state index >= 15 is 0 Å². The summed E-state index contributed by atoms with van der Waals surface area (Å²) in [6, 6.07) is 4.37. The lowest BCUT2D eigenvalue weighted by Crippen LogP contribution is -2.53. The molecule has 5 nitrogen and oxygen atoms in total. The molecular formula is C11H13BrFN3O2. The van der Waals surface area contributed by atoms with Gasteiger partial charge in [0.05, 0.1) is 15.6 Å². The Morgan fingerprint density at radius 3 is 2.72 bits per heavy atom. The quantitative estimate of drug-likeness (QED) is 0.344. The van der Waals surface area contributed by atoms with Gasteiger partial charge in [0.2, 0.25) is 0 Å². The largest absolute Gasteiger partial charge is 0.409 e. The van der Waals surface area contributed by atoms with Crippen LogP contribution < -0.4 is 11.1 Å². The Balaban J connectivity index is 3.00. The van der Waals surface area contributed by atoms with Gasteiger partial charge >= 0.3 is 0 Å². The molecule has 1 aromatic rings. The van der Waals surface area contributed by atoms with Crippen molar-refractivity contribution in [2.24, 2.45) is 10.9 Å². The maximum absolute atomic E-state index is 13.7. The number of nitrogens with one attached hydrogen (secondary N) is 1. The maximum Gasteiger partial charge on any atom is 0.255 e. The van der Waals surface area contributed by atoms with Crippen molar-refractivity contribution in [3.05, 3.63) is 34.1 Å². The number of nitrogens with two attached hydrogens (primary N) is 1. The molecule has 18 heavy (non-hydrogen) atoms. The van der Waals surface area contributed by atoms with E-state index in [1.165, 1.54) is 26.0 Å². The second-order valence-corrected chi connectivity index (χ2v) is 5.02. The summed E-state index contributed by atoms with van der Waals surface area (Å²) in [5, 5.41) is 13.9. The average Bonchev–Trinajstić information content (AvgIpc) is 2.30. The molecule has 0 aromatic heterocycles. The van der Waals surface area contributed by atoms with Crippen LogP contribution in [0.1, 0.15) is 24.2 Å². The summed E-state index contributed by atoms with van der Waals surface area (Å²) in [7, 11) is 0. The van der Waals surface area contributed by atoms with Crippen molar-refractivity contribution < 1.29 is 14.4 Å². The van der Waals surface area contributed by atoms with E-state index in [0.717, 1.165) is 0 Å². The highest BCUT2D eigenvalue weighted by molar-refractivity contribution is 9.10. The monoisotopic (exact) mass is 317 g/mol. The fourth-order valence-electron chi connectivity index (χ4n) is 1.22. The lowest BCUT2D eigenvalue weighted by atomic mass is 10.0. The van der Waals surface area contributed by atoms with Crippen LogP contribution in [0.3, 0.4) is 0 Å². The zero-order chi connectivity index (χ0) is 13.9. The van der Waals surface area contributed by atoms with Gasteiger partial charge in [0, 0.05) is 0 Å². The van der Waals surface area contributed by atoms with Crippen LogP contribution in [0.25, 0.3) is 0 Å². The Hall–Kier alpha value is -1.63. The minimum Gasteiger partial charge on any atom is -0.409 e. The molecule has 0 heterocycles. The highest BCUT2D eigenvalue weighted by atomic mass is 79.9. The van der Waals surface area contributed by atoms with Crippen molar-refractivity contribution in [1.29, 1.82) is 0 Å². The third kappa shape index (κ3) is 2.98. The molecule has 1 rings (SSSR count). The molecule has 98 valence electrons. The molecule has 0 saturated carbocycles. The number of hydrogen-bond donors (Lipinski definition) is 3. The Kier molecular flexibility index (Phi) is 4.28. The van der Waals surface area contributed by atoms with Crippen molar-refractivity contribution in [3.8, 4) is 0 Å². The Labute approximate surface area is 112 Å². The maximum atomic E-state index is 13.7. The van der Waals surface area contributed by atoms with Crippen molar-refractivity contribution >= 4 is 27.7 Å². The highest BCUT2D eigenvalue weighted by Gasteiger charge is 2.27. The van der Waals surface area contributed by atoms with Gasteiger partial charge in [0.25, 0.3) is 5.91 Å². The number of oxime groups is 1. The van der Waals surface area contributed by atoms with Crippen molar-refractivity contribution in [2.45, 2.75) is 19.4 Å². The number of benzene rings is 1. The van der Waals surface area contributed by atoms with E-state index in [1.54, 1.807) is 6.07 Å². The molecule has 7 heteroatoms. The minimum absolute atomic E-state index is 0.122. The van der Waals surface area contributed by atoms with Gasteiger partial charge in [-0.05, 0) is 41.9 Å². The molecule has 1 amide bonds. The number of nitrogens with zero attached hydrogens (tertiary/aromatic N) is 1. The predicted molar refractivity (Wildman–Crippen MR) is 69.1 cm³/mol. The number of carbonyl (C=O) groups excluding carboxylic acids is 1. The second-order valence-electron chi connectivity index (χ2n) is 4.17. The number of rotatable bonds is 3. The second kappa shape index (κ2) is 5.34. The summed E-state index contributed by atoms with van der Waals surface area (Å²) in [4.78, 5) is 11.9. The molecule has 4 N–H and O–H groups in total. The summed E-state index contributed by atoms with van der Waals surface area (Å²) < 4.78 is 13.9. The first kappa shape index (κ1) is 14.4. The summed E-state index contributed by atoms with van der Waals surface area (Å²) in [6.45, 7) is 3.08. The number of hydrogen-bond acceptors (Lipinski definition) is 3. The number of amidine groups is 1. The first-order chi connectivity index (χ1) is 8.29. The van der Waals surface area contributed by atoms with E-state index in [0.29, 0.717) is 0 Å². The zero-order valence-electron chi connectivity index (χ0n) is 9.87. The molecule has 0 bridgehead atoms. The fourth-order valence-corrected chi connectivity index (χ4v) is 1.59. The van der Waals surface area contributed by atoms with Crippen LogP contribution >= 0.6 is 15.9 Å². The van der Waals surface area contributed by atoms with Gasteiger partial charge in [-0.25, -0.2) is 4.39 Å².